The Morgan fingerprint density at radius 1 is 1.47 bits per heavy atom. The lowest BCUT2D eigenvalue weighted by molar-refractivity contribution is -0.455. The minimum atomic E-state index is -0.644. The molecule has 0 aliphatic heterocycles. The number of hydrogen-bond acceptors (Lipinski definition) is 5. The summed E-state index contributed by atoms with van der Waals surface area (Å²) in [6.45, 7) is 1.99. The molecule has 17 heavy (non-hydrogen) atoms. The zero-order chi connectivity index (χ0) is 12.0. The van der Waals surface area contributed by atoms with Crippen LogP contribution in [0.2, 0.25) is 0 Å². The van der Waals surface area contributed by atoms with Gasteiger partial charge in [-0.3, -0.25) is 4.89 Å². The molecule has 1 aliphatic carbocycles. The smallest absolute Gasteiger partial charge is 0.262 e. The van der Waals surface area contributed by atoms with Crippen LogP contribution in [0.15, 0.2) is 12.1 Å². The summed E-state index contributed by atoms with van der Waals surface area (Å²) in [5.74, 6) is -0.644. The number of carbonyl (C=O) groups is 1. The van der Waals surface area contributed by atoms with Gasteiger partial charge in [-0.05, 0) is 52.1 Å². The third-order valence-corrected chi connectivity index (χ3v) is 4.20. The average molecular weight is 250 g/mol. The molecule has 4 nitrogen and oxygen atoms in total. The maximum absolute atomic E-state index is 11.6. The molecular weight excluding hydrogens is 240 g/mol. The lowest BCUT2D eigenvalue weighted by atomic mass is 10.1. The highest BCUT2D eigenvalue weighted by Gasteiger charge is 2.24. The Bertz CT molecular complexity index is 614. The van der Waals surface area contributed by atoms with Gasteiger partial charge < -0.3 is 0 Å². The molecule has 0 atom stereocenters. The van der Waals surface area contributed by atoms with Gasteiger partial charge in [-0.2, -0.15) is 0 Å². The predicted octanol–water partition coefficient (Wildman–Crippen LogP) is 2.93. The van der Waals surface area contributed by atoms with E-state index in [9.17, 15) is 4.79 Å². The number of benzene rings is 1. The van der Waals surface area contributed by atoms with Gasteiger partial charge in [-0.15, -0.1) is 11.3 Å². The van der Waals surface area contributed by atoms with E-state index < -0.39 is 5.97 Å². The SMILES string of the molecule is CCc1c(C(=O)OOO)sc2cc3c(cc12)C3. The van der Waals surface area contributed by atoms with Crippen molar-refractivity contribution in [1.29, 1.82) is 0 Å². The number of rotatable bonds is 3. The van der Waals surface area contributed by atoms with Gasteiger partial charge in [0.05, 0.1) is 0 Å². The van der Waals surface area contributed by atoms with Crippen molar-refractivity contribution in [3.05, 3.63) is 33.7 Å². The predicted molar refractivity (Wildman–Crippen MR) is 63.1 cm³/mol. The Morgan fingerprint density at radius 2 is 2.24 bits per heavy atom. The number of carbonyl (C=O) groups excluding carboxylic acids is 1. The number of thiophene rings is 1. The Labute approximate surface area is 101 Å². The van der Waals surface area contributed by atoms with E-state index in [-0.39, 0.29) is 0 Å². The van der Waals surface area contributed by atoms with E-state index in [0.717, 1.165) is 28.5 Å². The Hall–Kier alpha value is -1.43. The van der Waals surface area contributed by atoms with Crippen LogP contribution in [0.3, 0.4) is 0 Å². The fourth-order valence-electron chi connectivity index (χ4n) is 2.13. The van der Waals surface area contributed by atoms with Gasteiger partial charge in [0, 0.05) is 4.70 Å². The summed E-state index contributed by atoms with van der Waals surface area (Å²) in [5.41, 5.74) is 3.66. The third kappa shape index (κ3) is 1.63. The molecule has 1 aromatic heterocycles. The first kappa shape index (κ1) is 10.7. The quantitative estimate of drug-likeness (QED) is 0.573. The van der Waals surface area contributed by atoms with Crippen LogP contribution < -0.4 is 0 Å². The van der Waals surface area contributed by atoms with Crippen molar-refractivity contribution in [1.82, 2.24) is 0 Å². The molecule has 1 aromatic carbocycles. The second kappa shape index (κ2) is 3.80. The molecule has 0 saturated heterocycles. The number of hydrogen-bond donors (Lipinski definition) is 1. The highest BCUT2D eigenvalue weighted by molar-refractivity contribution is 7.21. The summed E-state index contributed by atoms with van der Waals surface area (Å²) in [6.07, 6.45) is 1.80. The fourth-order valence-corrected chi connectivity index (χ4v) is 3.34. The van der Waals surface area contributed by atoms with Crippen LogP contribution in [0.4, 0.5) is 0 Å². The van der Waals surface area contributed by atoms with E-state index in [0.29, 0.717) is 4.88 Å². The van der Waals surface area contributed by atoms with E-state index in [1.807, 2.05) is 6.92 Å². The molecule has 1 aliphatic rings. The minimum absolute atomic E-state index is 0.501. The maximum Gasteiger partial charge on any atom is 0.386 e. The summed E-state index contributed by atoms with van der Waals surface area (Å²) >= 11 is 1.38. The molecule has 1 heterocycles. The van der Waals surface area contributed by atoms with E-state index in [4.69, 9.17) is 5.26 Å². The van der Waals surface area contributed by atoms with Crippen molar-refractivity contribution in [2.75, 3.05) is 0 Å². The summed E-state index contributed by atoms with van der Waals surface area (Å²) in [6, 6.07) is 4.25. The van der Waals surface area contributed by atoms with Gasteiger partial charge in [-0.25, -0.2) is 10.1 Å². The van der Waals surface area contributed by atoms with Crippen LogP contribution in [-0.4, -0.2) is 11.2 Å². The van der Waals surface area contributed by atoms with Crippen molar-refractivity contribution < 1.29 is 20.0 Å². The molecule has 0 spiro atoms. The number of aryl methyl sites for hydroxylation is 1. The molecule has 0 radical (unpaired) electrons. The highest BCUT2D eigenvalue weighted by atomic mass is 32.1. The molecule has 0 bridgehead atoms. The standard InChI is InChI=1S/C12H10O4S/c1-2-8-9-4-6-3-7(6)5-10(9)17-11(8)12(13)15-16-14/h4-5,14H,2-3H2,1H3. The molecule has 0 fully saturated rings. The van der Waals surface area contributed by atoms with Gasteiger partial charge in [-0.1, -0.05) is 6.92 Å². The molecule has 3 rings (SSSR count). The molecule has 2 aromatic rings. The Balaban J connectivity index is 2.16. The van der Waals surface area contributed by atoms with E-state index in [1.54, 1.807) is 0 Å². The van der Waals surface area contributed by atoms with Crippen LogP contribution in [0.1, 0.15) is 33.3 Å². The summed E-state index contributed by atoms with van der Waals surface area (Å²) in [4.78, 5) is 16.3. The third-order valence-electron chi connectivity index (χ3n) is 3.02. The van der Waals surface area contributed by atoms with Crippen LogP contribution in [0.5, 0.6) is 0 Å². The van der Waals surface area contributed by atoms with Crippen molar-refractivity contribution in [3.8, 4) is 0 Å². The molecule has 0 unspecified atom stereocenters. The Kier molecular flexibility index (Phi) is 2.39. The van der Waals surface area contributed by atoms with Crippen LogP contribution >= 0.6 is 11.3 Å². The monoisotopic (exact) mass is 250 g/mol. The normalized spacial score (nSPS) is 12.6. The van der Waals surface area contributed by atoms with E-state index in [1.165, 1.54) is 22.5 Å². The molecular formula is C12H10O4S. The molecule has 5 heteroatoms. The van der Waals surface area contributed by atoms with Crippen LogP contribution in [-0.2, 0) is 22.8 Å². The number of fused-ring (bicyclic) bond motifs is 2. The van der Waals surface area contributed by atoms with Crippen molar-refractivity contribution in [3.63, 3.8) is 0 Å². The van der Waals surface area contributed by atoms with Gasteiger partial charge in [0.15, 0.2) is 0 Å². The minimum Gasteiger partial charge on any atom is -0.262 e. The molecule has 88 valence electrons. The molecule has 1 N–H and O–H groups in total. The zero-order valence-corrected chi connectivity index (χ0v) is 9.97. The lowest BCUT2D eigenvalue weighted by Gasteiger charge is -1.98. The maximum atomic E-state index is 11.6. The summed E-state index contributed by atoms with van der Waals surface area (Å²) in [5, 5.41) is 12.7. The first-order valence-electron chi connectivity index (χ1n) is 5.34. The van der Waals surface area contributed by atoms with Crippen LogP contribution in [0, 0.1) is 0 Å². The van der Waals surface area contributed by atoms with Gasteiger partial charge in [0.1, 0.15) is 4.88 Å². The van der Waals surface area contributed by atoms with Crippen molar-refractivity contribution >= 4 is 27.4 Å². The first-order chi connectivity index (χ1) is 8.24. The van der Waals surface area contributed by atoms with E-state index in [2.05, 4.69) is 22.1 Å². The van der Waals surface area contributed by atoms with Crippen molar-refractivity contribution in [2.24, 2.45) is 0 Å². The zero-order valence-electron chi connectivity index (χ0n) is 9.15. The van der Waals surface area contributed by atoms with Gasteiger partial charge >= 0.3 is 5.97 Å². The van der Waals surface area contributed by atoms with Gasteiger partial charge in [0.2, 0.25) is 0 Å². The topological polar surface area (TPSA) is 55.8 Å². The second-order valence-corrected chi connectivity index (χ2v) is 5.05. The molecule has 0 saturated carbocycles. The average Bonchev–Trinajstić information content (AvgIpc) is 2.97. The summed E-state index contributed by atoms with van der Waals surface area (Å²) in [7, 11) is 0. The van der Waals surface area contributed by atoms with Crippen molar-refractivity contribution in [2.45, 2.75) is 19.8 Å². The van der Waals surface area contributed by atoms with Crippen LogP contribution in [0.25, 0.3) is 10.1 Å². The fraction of sp³-hybridized carbons (Fsp3) is 0.250. The highest BCUT2D eigenvalue weighted by Crippen LogP contribution is 2.39. The first-order valence-corrected chi connectivity index (χ1v) is 6.15. The largest absolute Gasteiger partial charge is 0.386 e. The lowest BCUT2D eigenvalue weighted by Crippen LogP contribution is -2.04. The van der Waals surface area contributed by atoms with E-state index >= 15 is 0 Å². The summed E-state index contributed by atoms with van der Waals surface area (Å²) < 4.78 is 1.09. The molecule has 0 amide bonds. The second-order valence-electron chi connectivity index (χ2n) is 4.00. The van der Waals surface area contributed by atoms with Gasteiger partial charge in [0.25, 0.3) is 0 Å². The Morgan fingerprint density at radius 3 is 2.94 bits per heavy atom.